The van der Waals surface area contributed by atoms with Gasteiger partial charge in [-0.2, -0.15) is 0 Å². The second kappa shape index (κ2) is 8.78. The largest absolute Gasteiger partial charge is 0.389 e. The zero-order chi connectivity index (χ0) is 26.0. The number of anilines is 1. The minimum absolute atomic E-state index is 0.138. The topological polar surface area (TPSA) is 43.7 Å². The lowest BCUT2D eigenvalue weighted by molar-refractivity contribution is -0.0673. The van der Waals surface area contributed by atoms with Crippen molar-refractivity contribution in [2.45, 2.75) is 90.8 Å². The number of aliphatic hydroxyl groups excluding tert-OH is 1. The molecule has 0 radical (unpaired) electrons. The van der Waals surface area contributed by atoms with E-state index in [1.807, 2.05) is 0 Å². The molecule has 4 aliphatic rings. The Balaban J connectivity index is 1.67. The van der Waals surface area contributed by atoms with Crippen molar-refractivity contribution in [3.05, 3.63) is 52.6 Å². The number of fused-ring (bicyclic) bond motifs is 4. The van der Waals surface area contributed by atoms with Gasteiger partial charge in [-0.15, -0.1) is 0 Å². The van der Waals surface area contributed by atoms with Crippen molar-refractivity contribution >= 4 is 5.69 Å². The van der Waals surface area contributed by atoms with E-state index in [1.54, 1.807) is 5.57 Å². The first kappa shape index (κ1) is 25.6. The van der Waals surface area contributed by atoms with Crippen molar-refractivity contribution in [1.82, 2.24) is 0 Å². The summed E-state index contributed by atoms with van der Waals surface area (Å²) in [6.45, 7) is 11.0. The predicted octanol–water partition coefficient (Wildman–Crippen LogP) is 6.47. The van der Waals surface area contributed by atoms with Crippen LogP contribution in [-0.4, -0.2) is 36.0 Å². The van der Waals surface area contributed by atoms with Crippen LogP contribution in [0.2, 0.25) is 0 Å². The highest BCUT2D eigenvalue weighted by Gasteiger charge is 2.65. The standard InChI is InChI=1S/C33H45NO2/c1-21-18-29-27-14-10-23-19-25(35)13-15-26(23)30(27)28(22-8-11-24(12-9-22)34(6)7)20-32(29,5)33(21,36)17-16-31(2,3)4/h8-9,11-12,19,21,25,27-29,35-36H,10,13-15,18,20H2,1-7H3/t21-,25?,27+,28-,29+,32+,33+/m1/s1. The normalized spacial score (nSPS) is 37.8. The monoisotopic (exact) mass is 487 g/mol. The summed E-state index contributed by atoms with van der Waals surface area (Å²) < 4.78 is 0. The highest BCUT2D eigenvalue weighted by atomic mass is 16.3. The Bertz CT molecular complexity index is 1140. The molecule has 0 amide bonds. The van der Waals surface area contributed by atoms with Crippen LogP contribution >= 0.6 is 0 Å². The van der Waals surface area contributed by atoms with Crippen LogP contribution in [-0.2, 0) is 0 Å². The fraction of sp³-hybridized carbons (Fsp3) is 0.636. The molecule has 194 valence electrons. The van der Waals surface area contributed by atoms with Crippen molar-refractivity contribution in [3.63, 3.8) is 0 Å². The summed E-state index contributed by atoms with van der Waals surface area (Å²) in [6.07, 6.45) is 7.71. The van der Waals surface area contributed by atoms with Crippen molar-refractivity contribution < 1.29 is 10.2 Å². The quantitative estimate of drug-likeness (QED) is 0.470. The number of nitrogens with zero attached hydrogens (tertiary/aromatic N) is 1. The van der Waals surface area contributed by atoms with Crippen molar-refractivity contribution in [2.24, 2.45) is 28.6 Å². The third kappa shape index (κ3) is 4.06. The summed E-state index contributed by atoms with van der Waals surface area (Å²) in [6, 6.07) is 9.08. The van der Waals surface area contributed by atoms with Gasteiger partial charge in [-0.05, 0) is 106 Å². The minimum Gasteiger partial charge on any atom is -0.389 e. The molecule has 0 bridgehead atoms. The Morgan fingerprint density at radius 3 is 2.39 bits per heavy atom. The molecule has 3 nitrogen and oxygen atoms in total. The Kier molecular flexibility index (Phi) is 6.25. The molecule has 2 N–H and O–H groups in total. The number of rotatable bonds is 2. The van der Waals surface area contributed by atoms with Gasteiger partial charge in [-0.3, -0.25) is 0 Å². The molecule has 2 saturated carbocycles. The van der Waals surface area contributed by atoms with Gasteiger partial charge in [0.25, 0.3) is 0 Å². The number of hydrogen-bond acceptors (Lipinski definition) is 3. The summed E-state index contributed by atoms with van der Waals surface area (Å²) in [4.78, 5) is 2.15. The van der Waals surface area contributed by atoms with E-state index in [-0.39, 0.29) is 28.8 Å². The number of hydrogen-bond donors (Lipinski definition) is 2. The average molecular weight is 488 g/mol. The lowest BCUT2D eigenvalue weighted by Gasteiger charge is -2.54. The molecule has 2 fully saturated rings. The maximum absolute atomic E-state index is 12.4. The molecule has 0 spiro atoms. The lowest BCUT2D eigenvalue weighted by Crippen LogP contribution is -2.52. The van der Waals surface area contributed by atoms with E-state index in [1.165, 1.54) is 22.4 Å². The smallest absolute Gasteiger partial charge is 0.133 e. The van der Waals surface area contributed by atoms with Gasteiger partial charge in [0.05, 0.1) is 6.10 Å². The molecular weight excluding hydrogens is 442 g/mol. The highest BCUT2D eigenvalue weighted by molar-refractivity contribution is 5.52. The van der Waals surface area contributed by atoms with Crippen LogP contribution in [0.1, 0.15) is 84.6 Å². The summed E-state index contributed by atoms with van der Waals surface area (Å²) in [7, 11) is 4.17. The number of benzene rings is 1. The van der Waals surface area contributed by atoms with E-state index in [9.17, 15) is 10.2 Å². The lowest BCUT2D eigenvalue weighted by atomic mass is 9.51. The van der Waals surface area contributed by atoms with E-state index in [0.29, 0.717) is 11.8 Å². The Morgan fingerprint density at radius 2 is 1.75 bits per heavy atom. The Labute approximate surface area is 218 Å². The van der Waals surface area contributed by atoms with E-state index >= 15 is 0 Å². The highest BCUT2D eigenvalue weighted by Crippen LogP contribution is 2.68. The summed E-state index contributed by atoms with van der Waals surface area (Å²) in [5.74, 6) is 8.23. The van der Waals surface area contributed by atoms with Crippen molar-refractivity contribution in [2.75, 3.05) is 19.0 Å². The molecule has 3 heteroatoms. The van der Waals surface area contributed by atoms with Crippen LogP contribution in [0.25, 0.3) is 0 Å². The molecule has 36 heavy (non-hydrogen) atoms. The molecule has 4 aliphatic carbocycles. The van der Waals surface area contributed by atoms with E-state index in [2.05, 4.69) is 95.8 Å². The number of aliphatic hydroxyl groups is 2. The van der Waals surface area contributed by atoms with Crippen LogP contribution < -0.4 is 4.90 Å². The average Bonchev–Trinajstić information content (AvgIpc) is 3.02. The van der Waals surface area contributed by atoms with Crippen LogP contribution in [0.5, 0.6) is 0 Å². The third-order valence-electron chi connectivity index (χ3n) is 9.88. The van der Waals surface area contributed by atoms with Crippen molar-refractivity contribution in [3.8, 4) is 11.8 Å². The second-order valence-electron chi connectivity index (χ2n) is 13.5. The van der Waals surface area contributed by atoms with Crippen LogP contribution in [0.4, 0.5) is 5.69 Å². The van der Waals surface area contributed by atoms with Gasteiger partial charge in [0, 0.05) is 36.5 Å². The van der Waals surface area contributed by atoms with Gasteiger partial charge in [-0.25, -0.2) is 0 Å². The van der Waals surface area contributed by atoms with E-state index in [0.717, 1.165) is 38.5 Å². The third-order valence-corrected chi connectivity index (χ3v) is 9.88. The SMILES string of the molecule is C[C@@H]1C[C@H]2[C@@H]3CCC4=CC(O)CCC4=C3[C@@H](c3ccc(N(C)C)cc3)C[C@]2(C)[C@]1(O)C#CC(C)(C)C. The zero-order valence-corrected chi connectivity index (χ0v) is 23.4. The maximum Gasteiger partial charge on any atom is 0.133 e. The van der Waals surface area contributed by atoms with Crippen molar-refractivity contribution in [1.29, 1.82) is 0 Å². The second-order valence-corrected chi connectivity index (χ2v) is 13.5. The Hall–Kier alpha value is -2.02. The van der Waals surface area contributed by atoms with Crippen LogP contribution in [0, 0.1) is 40.4 Å². The minimum atomic E-state index is -0.984. The maximum atomic E-state index is 12.4. The first-order chi connectivity index (χ1) is 16.8. The first-order valence-electron chi connectivity index (χ1n) is 14.0. The van der Waals surface area contributed by atoms with Gasteiger partial charge in [0.1, 0.15) is 5.60 Å². The predicted molar refractivity (Wildman–Crippen MR) is 149 cm³/mol. The summed E-state index contributed by atoms with van der Waals surface area (Å²) in [5, 5.41) is 22.8. The van der Waals surface area contributed by atoms with Gasteiger partial charge in [0.2, 0.25) is 0 Å². The van der Waals surface area contributed by atoms with E-state index < -0.39 is 5.60 Å². The molecule has 0 aliphatic heterocycles. The zero-order valence-electron chi connectivity index (χ0n) is 23.4. The molecule has 0 saturated heterocycles. The molecule has 0 aromatic heterocycles. The van der Waals surface area contributed by atoms with Crippen LogP contribution in [0.15, 0.2) is 47.1 Å². The van der Waals surface area contributed by atoms with Gasteiger partial charge < -0.3 is 15.1 Å². The van der Waals surface area contributed by atoms with Gasteiger partial charge in [-0.1, -0.05) is 49.5 Å². The molecule has 1 aromatic carbocycles. The van der Waals surface area contributed by atoms with Gasteiger partial charge in [0.15, 0.2) is 0 Å². The molecule has 5 rings (SSSR count). The molecule has 0 heterocycles. The Morgan fingerprint density at radius 1 is 1.06 bits per heavy atom. The molecule has 7 atom stereocenters. The number of allylic oxidation sites excluding steroid dienone is 3. The summed E-state index contributed by atoms with van der Waals surface area (Å²) in [5.41, 5.74) is 5.68. The fourth-order valence-electron chi connectivity index (χ4n) is 7.97. The molecule has 1 unspecified atom stereocenters. The van der Waals surface area contributed by atoms with Crippen LogP contribution in [0.3, 0.4) is 0 Å². The fourth-order valence-corrected chi connectivity index (χ4v) is 7.97. The molecular formula is C33H45NO2. The molecule has 1 aromatic rings. The van der Waals surface area contributed by atoms with E-state index in [4.69, 9.17) is 0 Å². The van der Waals surface area contributed by atoms with Gasteiger partial charge >= 0.3 is 0 Å². The summed E-state index contributed by atoms with van der Waals surface area (Å²) >= 11 is 0. The first-order valence-corrected chi connectivity index (χ1v) is 14.0.